The van der Waals surface area contributed by atoms with Gasteiger partial charge in [-0.05, 0) is 6.92 Å². The van der Waals surface area contributed by atoms with E-state index in [4.69, 9.17) is 10.6 Å². The number of nitrogen functional groups attached to an aromatic ring is 1. The third-order valence-electron chi connectivity index (χ3n) is 3.64. The second-order valence-corrected chi connectivity index (χ2v) is 5.52. The Morgan fingerprint density at radius 1 is 1.50 bits per heavy atom. The van der Waals surface area contributed by atoms with Crippen LogP contribution in [0, 0.1) is 0 Å². The summed E-state index contributed by atoms with van der Waals surface area (Å²) in [6, 6.07) is 1.72. The molecule has 20 heavy (non-hydrogen) atoms. The first-order valence-electron chi connectivity index (χ1n) is 6.88. The number of rotatable bonds is 5. The van der Waals surface area contributed by atoms with Gasteiger partial charge in [0.25, 0.3) is 0 Å². The smallest absolute Gasteiger partial charge is 0.145 e. The van der Waals surface area contributed by atoms with Gasteiger partial charge in [-0.2, -0.15) is 0 Å². The minimum absolute atomic E-state index is 0.187. The lowest BCUT2D eigenvalue weighted by Gasteiger charge is -2.26. The average molecular weight is 281 g/mol. The number of nitrogens with zero attached hydrogens (tertiary/aromatic N) is 2. The highest BCUT2D eigenvalue weighted by molar-refractivity contribution is 5.47. The fourth-order valence-electron chi connectivity index (χ4n) is 2.14. The molecule has 5 N–H and O–H groups in total. The highest BCUT2D eigenvalue weighted by atomic mass is 16.5. The number of aliphatic hydroxyl groups is 1. The van der Waals surface area contributed by atoms with Crippen molar-refractivity contribution in [1.29, 1.82) is 0 Å². The van der Waals surface area contributed by atoms with Crippen molar-refractivity contribution < 1.29 is 9.84 Å². The lowest BCUT2D eigenvalue weighted by Crippen LogP contribution is -2.43. The van der Waals surface area contributed by atoms with Gasteiger partial charge in [-0.1, -0.05) is 13.8 Å². The van der Waals surface area contributed by atoms with Crippen LogP contribution >= 0.6 is 0 Å². The quantitative estimate of drug-likeness (QED) is 0.468. The van der Waals surface area contributed by atoms with Crippen molar-refractivity contribution in [3.63, 3.8) is 0 Å². The van der Waals surface area contributed by atoms with Gasteiger partial charge in [0, 0.05) is 31.6 Å². The molecule has 2 heterocycles. The molecule has 1 aromatic heterocycles. The summed E-state index contributed by atoms with van der Waals surface area (Å²) in [6.45, 7) is 6.86. The zero-order valence-corrected chi connectivity index (χ0v) is 12.2. The van der Waals surface area contributed by atoms with Crippen LogP contribution in [0.4, 0.5) is 11.6 Å². The second-order valence-electron chi connectivity index (χ2n) is 5.52. The molecule has 2 rings (SSSR count). The van der Waals surface area contributed by atoms with Crippen molar-refractivity contribution in [1.82, 2.24) is 9.97 Å². The van der Waals surface area contributed by atoms with E-state index in [1.54, 1.807) is 6.07 Å². The molecule has 2 atom stereocenters. The number of nitrogens with two attached hydrogens (primary N) is 1. The molecule has 0 amide bonds. The molecular formula is C13H23N5O2. The maximum atomic E-state index is 10.5. The van der Waals surface area contributed by atoms with Gasteiger partial charge >= 0.3 is 0 Å². The van der Waals surface area contributed by atoms with Crippen LogP contribution in [0.15, 0.2) is 6.07 Å². The Morgan fingerprint density at radius 2 is 2.20 bits per heavy atom. The molecule has 0 aliphatic carbocycles. The lowest BCUT2D eigenvalue weighted by molar-refractivity contribution is -0.0176. The Bertz CT molecular complexity index is 468. The molecule has 7 nitrogen and oxygen atoms in total. The van der Waals surface area contributed by atoms with E-state index in [-0.39, 0.29) is 12.0 Å². The first-order valence-corrected chi connectivity index (χ1v) is 6.88. The fraction of sp³-hybridized carbons (Fsp3) is 0.692. The van der Waals surface area contributed by atoms with E-state index >= 15 is 0 Å². The number of hydrogen-bond acceptors (Lipinski definition) is 7. The largest absolute Gasteiger partial charge is 0.385 e. The molecule has 0 radical (unpaired) electrons. The number of hydrogen-bond donors (Lipinski definition) is 4. The lowest BCUT2D eigenvalue weighted by atomic mass is 9.97. The Morgan fingerprint density at radius 3 is 2.75 bits per heavy atom. The van der Waals surface area contributed by atoms with Crippen molar-refractivity contribution in [3.05, 3.63) is 11.9 Å². The first kappa shape index (κ1) is 15.0. The van der Waals surface area contributed by atoms with Crippen molar-refractivity contribution in [3.8, 4) is 0 Å². The van der Waals surface area contributed by atoms with E-state index in [1.807, 2.05) is 20.8 Å². The van der Waals surface area contributed by atoms with Crippen molar-refractivity contribution in [2.45, 2.75) is 44.8 Å². The monoisotopic (exact) mass is 281 g/mol. The zero-order chi connectivity index (χ0) is 14.8. The van der Waals surface area contributed by atoms with Crippen molar-refractivity contribution in [2.75, 3.05) is 23.9 Å². The normalized spacial score (nSPS) is 26.0. The summed E-state index contributed by atoms with van der Waals surface area (Å²) in [5.74, 6) is 7.50. The van der Waals surface area contributed by atoms with Crippen LogP contribution in [0.5, 0.6) is 0 Å². The Balaban J connectivity index is 2.11. The maximum Gasteiger partial charge on any atom is 0.145 e. The van der Waals surface area contributed by atoms with Gasteiger partial charge in [-0.15, -0.1) is 0 Å². The molecular weight excluding hydrogens is 258 g/mol. The molecule has 0 bridgehead atoms. The third kappa shape index (κ3) is 3.17. The number of aromatic nitrogens is 2. The van der Waals surface area contributed by atoms with E-state index in [2.05, 4.69) is 20.7 Å². The van der Waals surface area contributed by atoms with Gasteiger partial charge < -0.3 is 20.6 Å². The van der Waals surface area contributed by atoms with Gasteiger partial charge in [-0.25, -0.2) is 15.8 Å². The molecule has 0 aromatic carbocycles. The van der Waals surface area contributed by atoms with Crippen LogP contribution in [-0.2, 0) is 4.74 Å². The zero-order valence-electron chi connectivity index (χ0n) is 12.2. The van der Waals surface area contributed by atoms with E-state index in [0.717, 1.165) is 0 Å². The summed E-state index contributed by atoms with van der Waals surface area (Å²) in [6.07, 6.45) is 0.430. The van der Waals surface area contributed by atoms with Crippen LogP contribution < -0.4 is 16.6 Å². The van der Waals surface area contributed by atoms with E-state index in [0.29, 0.717) is 37.0 Å². The summed E-state index contributed by atoms with van der Waals surface area (Å²) in [4.78, 5) is 8.72. The number of hydrazine groups is 1. The topological polar surface area (TPSA) is 105 Å². The number of anilines is 2. The molecule has 1 aromatic rings. The minimum atomic E-state index is -0.862. The SMILES string of the molecule is CC(C)c1nc(NN)cc(NCC2(O)CCOC2C)n1. The van der Waals surface area contributed by atoms with Crippen LogP contribution in [0.2, 0.25) is 0 Å². The average Bonchev–Trinajstić information content (AvgIpc) is 2.76. The van der Waals surface area contributed by atoms with Crippen LogP contribution in [0.25, 0.3) is 0 Å². The fourth-order valence-corrected chi connectivity index (χ4v) is 2.14. The van der Waals surface area contributed by atoms with E-state index in [1.165, 1.54) is 0 Å². The van der Waals surface area contributed by atoms with Gasteiger partial charge in [0.15, 0.2) is 0 Å². The summed E-state index contributed by atoms with van der Waals surface area (Å²) in [5.41, 5.74) is 1.67. The molecule has 0 saturated carbocycles. The minimum Gasteiger partial charge on any atom is -0.385 e. The van der Waals surface area contributed by atoms with Crippen LogP contribution in [0.1, 0.15) is 38.9 Å². The van der Waals surface area contributed by atoms with Gasteiger partial charge in [0.05, 0.1) is 6.10 Å². The van der Waals surface area contributed by atoms with E-state index < -0.39 is 5.60 Å². The van der Waals surface area contributed by atoms with Gasteiger partial charge in [0.2, 0.25) is 0 Å². The molecule has 112 valence electrons. The van der Waals surface area contributed by atoms with Crippen LogP contribution in [-0.4, -0.2) is 39.9 Å². The molecule has 0 spiro atoms. The number of nitrogens with one attached hydrogen (secondary N) is 2. The predicted octanol–water partition coefficient (Wildman–Crippen LogP) is 0.837. The van der Waals surface area contributed by atoms with Gasteiger partial charge in [0.1, 0.15) is 23.1 Å². The second kappa shape index (κ2) is 5.90. The summed E-state index contributed by atoms with van der Waals surface area (Å²) in [7, 11) is 0. The number of ether oxygens (including phenoxy) is 1. The highest BCUT2D eigenvalue weighted by Crippen LogP contribution is 2.26. The Hall–Kier alpha value is -1.44. The molecule has 1 aliphatic rings. The predicted molar refractivity (Wildman–Crippen MR) is 77.4 cm³/mol. The molecule has 1 aliphatic heterocycles. The highest BCUT2D eigenvalue weighted by Gasteiger charge is 2.39. The standard InChI is InChI=1S/C13H23N5O2/c1-8(2)12-16-10(6-11(17-12)18-14)15-7-13(19)4-5-20-9(13)3/h6,8-9,19H,4-5,7,14H2,1-3H3,(H2,15,16,17,18). The molecule has 1 saturated heterocycles. The Kier molecular flexibility index (Phi) is 4.42. The van der Waals surface area contributed by atoms with Gasteiger partial charge in [-0.3, -0.25) is 0 Å². The summed E-state index contributed by atoms with van der Waals surface area (Å²) < 4.78 is 5.41. The Labute approximate surface area is 118 Å². The first-order chi connectivity index (χ1) is 9.44. The maximum absolute atomic E-state index is 10.5. The van der Waals surface area contributed by atoms with Crippen LogP contribution in [0.3, 0.4) is 0 Å². The molecule has 1 fully saturated rings. The van der Waals surface area contributed by atoms with E-state index in [9.17, 15) is 5.11 Å². The summed E-state index contributed by atoms with van der Waals surface area (Å²) in [5, 5.41) is 13.6. The molecule has 7 heteroatoms. The van der Waals surface area contributed by atoms with Crippen molar-refractivity contribution in [2.24, 2.45) is 5.84 Å². The third-order valence-corrected chi connectivity index (χ3v) is 3.64. The summed E-state index contributed by atoms with van der Waals surface area (Å²) >= 11 is 0. The molecule has 2 unspecified atom stereocenters. The van der Waals surface area contributed by atoms with Crippen molar-refractivity contribution >= 4 is 11.6 Å².